The SMILES string of the molecule is CCc1ccc(NC(=O)[C@@H](C)OC(=O)/C=C/c2cn(Cc3ccccc3)nn2)cc1. The fourth-order valence-corrected chi connectivity index (χ4v) is 2.73. The summed E-state index contributed by atoms with van der Waals surface area (Å²) in [6.45, 7) is 4.17. The number of aryl methyl sites for hydroxylation is 1. The van der Waals surface area contributed by atoms with Gasteiger partial charge in [0.2, 0.25) is 0 Å². The van der Waals surface area contributed by atoms with Gasteiger partial charge in [0.15, 0.2) is 6.10 Å². The lowest BCUT2D eigenvalue weighted by atomic mass is 10.1. The summed E-state index contributed by atoms with van der Waals surface area (Å²) in [6, 6.07) is 17.4. The topological polar surface area (TPSA) is 86.1 Å². The maximum Gasteiger partial charge on any atom is 0.331 e. The first-order chi connectivity index (χ1) is 14.5. The number of anilines is 1. The summed E-state index contributed by atoms with van der Waals surface area (Å²) in [6.07, 6.45) is 4.46. The normalized spacial score (nSPS) is 11.9. The van der Waals surface area contributed by atoms with Crippen LogP contribution in [-0.2, 0) is 27.3 Å². The van der Waals surface area contributed by atoms with Crippen LogP contribution in [0.25, 0.3) is 6.08 Å². The van der Waals surface area contributed by atoms with E-state index in [9.17, 15) is 9.59 Å². The van der Waals surface area contributed by atoms with Crippen LogP contribution in [0.15, 0.2) is 66.9 Å². The van der Waals surface area contributed by atoms with E-state index in [4.69, 9.17) is 4.74 Å². The number of hydrogen-bond donors (Lipinski definition) is 1. The summed E-state index contributed by atoms with van der Waals surface area (Å²) >= 11 is 0. The summed E-state index contributed by atoms with van der Waals surface area (Å²) in [5.74, 6) is -1.02. The summed E-state index contributed by atoms with van der Waals surface area (Å²) in [5.41, 5.74) is 3.46. The molecule has 0 saturated heterocycles. The lowest BCUT2D eigenvalue weighted by molar-refractivity contribution is -0.148. The minimum atomic E-state index is -0.929. The van der Waals surface area contributed by atoms with E-state index >= 15 is 0 Å². The molecule has 0 aliphatic heterocycles. The highest BCUT2D eigenvalue weighted by molar-refractivity contribution is 5.96. The monoisotopic (exact) mass is 404 g/mol. The first kappa shape index (κ1) is 21.0. The number of carbonyl (C=O) groups is 2. The molecule has 0 aliphatic carbocycles. The largest absolute Gasteiger partial charge is 0.449 e. The minimum absolute atomic E-state index is 0.394. The van der Waals surface area contributed by atoms with E-state index in [1.807, 2.05) is 54.6 Å². The van der Waals surface area contributed by atoms with Crippen LogP contribution in [0.5, 0.6) is 0 Å². The first-order valence-electron chi connectivity index (χ1n) is 9.76. The zero-order valence-corrected chi connectivity index (χ0v) is 17.0. The van der Waals surface area contributed by atoms with Gasteiger partial charge in [-0.1, -0.05) is 54.6 Å². The zero-order valence-electron chi connectivity index (χ0n) is 17.0. The van der Waals surface area contributed by atoms with Gasteiger partial charge < -0.3 is 10.1 Å². The molecule has 154 valence electrons. The van der Waals surface area contributed by atoms with E-state index in [1.54, 1.807) is 10.9 Å². The average Bonchev–Trinajstić information content (AvgIpc) is 3.20. The lowest BCUT2D eigenvalue weighted by Gasteiger charge is -2.12. The van der Waals surface area contributed by atoms with E-state index < -0.39 is 18.0 Å². The molecule has 0 fully saturated rings. The van der Waals surface area contributed by atoms with Crippen molar-refractivity contribution in [1.29, 1.82) is 0 Å². The third kappa shape index (κ3) is 6.13. The van der Waals surface area contributed by atoms with E-state index in [0.717, 1.165) is 12.0 Å². The Kier molecular flexibility index (Phi) is 7.10. The van der Waals surface area contributed by atoms with E-state index in [-0.39, 0.29) is 0 Å². The summed E-state index contributed by atoms with van der Waals surface area (Å²) in [5, 5.41) is 10.8. The number of ether oxygens (including phenoxy) is 1. The molecule has 7 heteroatoms. The molecule has 3 aromatic rings. The van der Waals surface area contributed by atoms with Crippen LogP contribution < -0.4 is 5.32 Å². The molecule has 0 spiro atoms. The van der Waals surface area contributed by atoms with Crippen LogP contribution in [-0.4, -0.2) is 33.0 Å². The molecule has 1 N–H and O–H groups in total. The molecule has 1 aromatic heterocycles. The van der Waals surface area contributed by atoms with Crippen LogP contribution in [0, 0.1) is 0 Å². The zero-order chi connectivity index (χ0) is 21.3. The van der Waals surface area contributed by atoms with Gasteiger partial charge in [0, 0.05) is 11.8 Å². The molecule has 1 heterocycles. The number of hydrogen-bond acceptors (Lipinski definition) is 5. The molecule has 0 radical (unpaired) electrons. The minimum Gasteiger partial charge on any atom is -0.449 e. The quantitative estimate of drug-likeness (QED) is 0.459. The highest BCUT2D eigenvalue weighted by Gasteiger charge is 2.16. The molecule has 7 nitrogen and oxygen atoms in total. The molecule has 2 aromatic carbocycles. The summed E-state index contributed by atoms with van der Waals surface area (Å²) in [4.78, 5) is 24.2. The van der Waals surface area contributed by atoms with E-state index in [1.165, 1.54) is 24.6 Å². The van der Waals surface area contributed by atoms with Crippen molar-refractivity contribution in [2.75, 3.05) is 5.32 Å². The second-order valence-electron chi connectivity index (χ2n) is 6.78. The second-order valence-corrected chi connectivity index (χ2v) is 6.78. The highest BCUT2D eigenvalue weighted by Crippen LogP contribution is 2.11. The number of benzene rings is 2. The van der Waals surface area contributed by atoms with Crippen LogP contribution in [0.3, 0.4) is 0 Å². The molecular formula is C23H24N4O3. The van der Waals surface area contributed by atoms with Gasteiger partial charge in [-0.05, 0) is 42.7 Å². The molecule has 1 amide bonds. The van der Waals surface area contributed by atoms with Gasteiger partial charge in [0.05, 0.1) is 12.7 Å². The Morgan fingerprint density at radius 1 is 1.10 bits per heavy atom. The Hall–Kier alpha value is -3.74. The predicted molar refractivity (Wildman–Crippen MR) is 115 cm³/mol. The van der Waals surface area contributed by atoms with Crippen LogP contribution in [0.4, 0.5) is 5.69 Å². The van der Waals surface area contributed by atoms with Crippen molar-refractivity contribution >= 4 is 23.6 Å². The Morgan fingerprint density at radius 2 is 1.83 bits per heavy atom. The fourth-order valence-electron chi connectivity index (χ4n) is 2.73. The van der Waals surface area contributed by atoms with Crippen LogP contribution in [0.2, 0.25) is 0 Å². The molecule has 30 heavy (non-hydrogen) atoms. The van der Waals surface area contributed by atoms with E-state index in [2.05, 4.69) is 22.6 Å². The fraction of sp³-hybridized carbons (Fsp3) is 0.217. The third-order valence-electron chi connectivity index (χ3n) is 4.43. The van der Waals surface area contributed by atoms with Gasteiger partial charge >= 0.3 is 5.97 Å². The second kappa shape index (κ2) is 10.2. The van der Waals surface area contributed by atoms with Crippen molar-refractivity contribution in [1.82, 2.24) is 15.0 Å². The molecule has 0 saturated carbocycles. The molecule has 0 bridgehead atoms. The first-order valence-corrected chi connectivity index (χ1v) is 9.76. The van der Waals surface area contributed by atoms with Gasteiger partial charge in [-0.25, -0.2) is 9.48 Å². The Bertz CT molecular complexity index is 1010. The van der Waals surface area contributed by atoms with Crippen LogP contribution in [0.1, 0.15) is 30.7 Å². The number of esters is 1. The average molecular weight is 404 g/mol. The molecule has 0 unspecified atom stereocenters. The van der Waals surface area contributed by atoms with Gasteiger partial charge in [-0.15, -0.1) is 5.10 Å². The number of nitrogens with one attached hydrogen (secondary N) is 1. The Labute approximate surface area is 175 Å². The number of aromatic nitrogens is 3. The maximum atomic E-state index is 12.2. The summed E-state index contributed by atoms with van der Waals surface area (Å²) < 4.78 is 6.84. The summed E-state index contributed by atoms with van der Waals surface area (Å²) in [7, 11) is 0. The van der Waals surface area contributed by atoms with Crippen molar-refractivity contribution in [2.45, 2.75) is 32.9 Å². The van der Waals surface area contributed by atoms with Crippen molar-refractivity contribution in [3.8, 4) is 0 Å². The van der Waals surface area contributed by atoms with Gasteiger partial charge in [0.25, 0.3) is 5.91 Å². The smallest absolute Gasteiger partial charge is 0.331 e. The molecule has 0 aliphatic rings. The number of rotatable bonds is 8. The number of carbonyl (C=O) groups excluding carboxylic acids is 2. The molecule has 1 atom stereocenters. The predicted octanol–water partition coefficient (Wildman–Crippen LogP) is 3.47. The Morgan fingerprint density at radius 3 is 2.53 bits per heavy atom. The van der Waals surface area contributed by atoms with Crippen molar-refractivity contribution < 1.29 is 14.3 Å². The van der Waals surface area contributed by atoms with Gasteiger partial charge in [0.1, 0.15) is 5.69 Å². The number of nitrogens with zero attached hydrogens (tertiary/aromatic N) is 3. The lowest BCUT2D eigenvalue weighted by Crippen LogP contribution is -2.29. The van der Waals surface area contributed by atoms with Crippen molar-refractivity contribution in [3.05, 3.63) is 83.7 Å². The van der Waals surface area contributed by atoms with Crippen LogP contribution >= 0.6 is 0 Å². The number of amides is 1. The van der Waals surface area contributed by atoms with Gasteiger partial charge in [-0.3, -0.25) is 4.79 Å². The van der Waals surface area contributed by atoms with E-state index in [0.29, 0.717) is 17.9 Å². The molecular weight excluding hydrogens is 380 g/mol. The Balaban J connectivity index is 1.49. The molecule has 3 rings (SSSR count). The van der Waals surface area contributed by atoms with Crippen molar-refractivity contribution in [3.63, 3.8) is 0 Å². The van der Waals surface area contributed by atoms with Crippen molar-refractivity contribution in [2.24, 2.45) is 0 Å². The van der Waals surface area contributed by atoms with Gasteiger partial charge in [-0.2, -0.15) is 0 Å². The third-order valence-corrected chi connectivity index (χ3v) is 4.43. The maximum absolute atomic E-state index is 12.2. The highest BCUT2D eigenvalue weighted by atomic mass is 16.5. The standard InChI is InChI=1S/C23H24N4O3/c1-3-18-9-11-20(12-10-18)24-23(29)17(2)30-22(28)14-13-21-16-27(26-25-21)15-19-7-5-4-6-8-19/h4-14,16-17H,3,15H2,1-2H3,(H,24,29)/b14-13+/t17-/m1/s1.